The summed E-state index contributed by atoms with van der Waals surface area (Å²) in [6, 6.07) is -2.82. The molecular weight excluding hydrogens is 322 g/mol. The van der Waals surface area contributed by atoms with Crippen LogP contribution in [0, 0.1) is 10.1 Å². The van der Waals surface area contributed by atoms with Crippen molar-refractivity contribution >= 4 is 17.8 Å². The third kappa shape index (κ3) is 2.68. The minimum absolute atomic E-state index is 0.00958. The first-order valence-electron chi connectivity index (χ1n) is 7.32. The predicted molar refractivity (Wildman–Crippen MR) is 76.3 cm³/mol. The fourth-order valence-electron chi connectivity index (χ4n) is 3.50. The van der Waals surface area contributed by atoms with Crippen LogP contribution in [0.25, 0.3) is 0 Å². The third-order valence-electron chi connectivity index (χ3n) is 4.54. The monoisotopic (exact) mass is 337 g/mol. The maximum atomic E-state index is 12.0. The summed E-state index contributed by atoms with van der Waals surface area (Å²) in [4.78, 5) is 50.7. The Morgan fingerprint density at radius 1 is 1.42 bits per heavy atom. The first kappa shape index (κ1) is 15.9. The van der Waals surface area contributed by atoms with Gasteiger partial charge in [-0.1, -0.05) is 0 Å². The summed E-state index contributed by atoms with van der Waals surface area (Å²) in [6.07, 6.45) is 4.70. The van der Waals surface area contributed by atoms with Gasteiger partial charge in [0, 0.05) is 23.7 Å². The fourth-order valence-corrected chi connectivity index (χ4v) is 3.50. The smallest absolute Gasteiger partial charge is 0.323 e. The van der Waals surface area contributed by atoms with Crippen LogP contribution in [0.2, 0.25) is 0 Å². The first-order chi connectivity index (χ1) is 11.4. The largest absolute Gasteiger partial charge is 0.480 e. The molecule has 1 aromatic rings. The Morgan fingerprint density at radius 3 is 2.75 bits per heavy atom. The van der Waals surface area contributed by atoms with Gasteiger partial charge < -0.3 is 19.9 Å². The average Bonchev–Trinajstić information content (AvgIpc) is 3.04. The molecule has 128 valence electrons. The van der Waals surface area contributed by atoms with Crippen LogP contribution < -0.4 is 5.32 Å². The number of fused-ring (bicyclic) bond motifs is 1. The number of amides is 2. The predicted octanol–water partition coefficient (Wildman–Crippen LogP) is -1.36. The van der Waals surface area contributed by atoms with E-state index < -0.39 is 53.4 Å². The molecule has 2 amide bonds. The number of aromatic nitrogens is 2. The molecule has 0 aromatic carbocycles. The highest BCUT2D eigenvalue weighted by Gasteiger charge is 2.51. The second-order valence-corrected chi connectivity index (χ2v) is 5.88. The van der Waals surface area contributed by atoms with Gasteiger partial charge in [-0.25, -0.2) is 4.98 Å². The van der Waals surface area contributed by atoms with E-state index in [1.165, 1.54) is 12.5 Å². The zero-order valence-electron chi connectivity index (χ0n) is 12.4. The van der Waals surface area contributed by atoms with Crippen LogP contribution >= 0.6 is 0 Å². The van der Waals surface area contributed by atoms with E-state index >= 15 is 0 Å². The van der Waals surface area contributed by atoms with Crippen LogP contribution in [0.4, 0.5) is 0 Å². The highest BCUT2D eigenvalue weighted by molar-refractivity contribution is 6.36. The summed E-state index contributed by atoms with van der Waals surface area (Å²) in [7, 11) is 0. The van der Waals surface area contributed by atoms with Gasteiger partial charge in [0.15, 0.2) is 0 Å². The van der Waals surface area contributed by atoms with Gasteiger partial charge in [0.05, 0.1) is 18.4 Å². The topological polar surface area (TPSA) is 148 Å². The van der Waals surface area contributed by atoms with Crippen LogP contribution in [-0.4, -0.2) is 66.9 Å². The molecule has 24 heavy (non-hydrogen) atoms. The molecule has 2 heterocycles. The number of aliphatic carboxylic acids is 1. The normalized spacial score (nSPS) is 29.8. The number of carboxylic acid groups (broad SMARTS) is 1. The van der Waals surface area contributed by atoms with Gasteiger partial charge in [-0.05, 0) is 6.42 Å². The summed E-state index contributed by atoms with van der Waals surface area (Å²) in [5.41, 5.74) is 0. The number of carbonyl (C=O) groups is 3. The van der Waals surface area contributed by atoms with Crippen LogP contribution in [0.1, 0.15) is 18.9 Å². The van der Waals surface area contributed by atoms with E-state index in [0.29, 0.717) is 0 Å². The summed E-state index contributed by atoms with van der Waals surface area (Å²) in [6.45, 7) is -0.618. The van der Waals surface area contributed by atoms with E-state index in [9.17, 15) is 24.5 Å². The zero-order valence-corrected chi connectivity index (χ0v) is 12.4. The number of carbonyl (C=O) groups excluding carboxylic acids is 2. The molecular formula is C13H15N5O6. The molecule has 0 radical (unpaired) electrons. The minimum Gasteiger partial charge on any atom is -0.480 e. The van der Waals surface area contributed by atoms with E-state index in [-0.39, 0.29) is 12.8 Å². The van der Waals surface area contributed by atoms with Crippen molar-refractivity contribution in [2.24, 2.45) is 0 Å². The second-order valence-electron chi connectivity index (χ2n) is 5.88. The van der Waals surface area contributed by atoms with E-state index in [0.717, 1.165) is 4.90 Å². The molecule has 2 aliphatic rings. The maximum absolute atomic E-state index is 12.0. The Kier molecular flexibility index (Phi) is 3.91. The van der Waals surface area contributed by atoms with Crippen molar-refractivity contribution in [3.05, 3.63) is 28.8 Å². The first-order valence-corrected chi connectivity index (χ1v) is 7.32. The van der Waals surface area contributed by atoms with Gasteiger partial charge in [-0.2, -0.15) is 0 Å². The molecule has 11 nitrogen and oxygen atoms in total. The zero-order chi connectivity index (χ0) is 17.4. The number of carboxylic acids is 1. The molecule has 2 N–H and O–H groups in total. The fraction of sp³-hybridized carbons (Fsp3) is 0.538. The van der Waals surface area contributed by atoms with E-state index in [1.54, 1.807) is 10.8 Å². The molecule has 4 unspecified atom stereocenters. The van der Waals surface area contributed by atoms with Crippen molar-refractivity contribution in [2.45, 2.75) is 37.0 Å². The van der Waals surface area contributed by atoms with Gasteiger partial charge in [0.25, 0.3) is 0 Å². The number of piperazine rings is 1. The summed E-state index contributed by atoms with van der Waals surface area (Å²) >= 11 is 0. The number of nitrogens with one attached hydrogen (secondary N) is 1. The molecule has 0 spiro atoms. The highest BCUT2D eigenvalue weighted by atomic mass is 16.6. The summed E-state index contributed by atoms with van der Waals surface area (Å²) in [5, 5.41) is 22.9. The Balaban J connectivity index is 1.93. The molecule has 1 aromatic heterocycles. The Morgan fingerprint density at radius 2 is 2.17 bits per heavy atom. The third-order valence-corrected chi connectivity index (χ3v) is 4.54. The van der Waals surface area contributed by atoms with Gasteiger partial charge in [0.2, 0.25) is 6.04 Å². The van der Waals surface area contributed by atoms with Crippen LogP contribution in [0.3, 0.4) is 0 Å². The van der Waals surface area contributed by atoms with Gasteiger partial charge in [-0.15, -0.1) is 0 Å². The van der Waals surface area contributed by atoms with Crippen LogP contribution in [-0.2, 0) is 14.4 Å². The van der Waals surface area contributed by atoms with Crippen molar-refractivity contribution in [3.63, 3.8) is 0 Å². The summed E-state index contributed by atoms with van der Waals surface area (Å²) < 4.78 is 1.59. The lowest BCUT2D eigenvalue weighted by atomic mass is 9.80. The van der Waals surface area contributed by atoms with E-state index in [2.05, 4.69) is 10.3 Å². The summed E-state index contributed by atoms with van der Waals surface area (Å²) in [5.74, 6) is -3.10. The quantitative estimate of drug-likeness (QED) is 0.392. The number of imidazole rings is 1. The number of hydrogen-bond acceptors (Lipinski definition) is 6. The van der Waals surface area contributed by atoms with Crippen LogP contribution in [0.5, 0.6) is 0 Å². The molecule has 1 aliphatic carbocycles. The van der Waals surface area contributed by atoms with Gasteiger partial charge in [0.1, 0.15) is 12.6 Å². The maximum Gasteiger partial charge on any atom is 0.323 e. The van der Waals surface area contributed by atoms with Gasteiger partial charge >= 0.3 is 17.8 Å². The Hall–Kier alpha value is -2.98. The van der Waals surface area contributed by atoms with Crippen molar-refractivity contribution in [1.29, 1.82) is 0 Å². The van der Waals surface area contributed by atoms with Crippen molar-refractivity contribution < 1.29 is 24.4 Å². The average molecular weight is 337 g/mol. The lowest BCUT2D eigenvalue weighted by molar-refractivity contribution is -0.534. The van der Waals surface area contributed by atoms with Crippen molar-refractivity contribution in [1.82, 2.24) is 19.8 Å². The van der Waals surface area contributed by atoms with Crippen molar-refractivity contribution in [2.75, 3.05) is 6.54 Å². The molecule has 1 saturated carbocycles. The lowest BCUT2D eigenvalue weighted by Gasteiger charge is -2.45. The Labute approximate surface area is 135 Å². The van der Waals surface area contributed by atoms with Crippen LogP contribution in [0.15, 0.2) is 18.7 Å². The Bertz CT molecular complexity index is 689. The lowest BCUT2D eigenvalue weighted by Crippen LogP contribution is -2.67. The standard InChI is InChI=1S/C13H15N5O6/c19-11(20)5-17-8-4-9(16-2-1-14-6-16)10(18(23)24)3-7(8)15-12(21)13(17)22/h1-2,6-10H,3-5H2,(H,15,21)(H,19,20). The van der Waals surface area contributed by atoms with E-state index in [1.807, 2.05) is 0 Å². The SMILES string of the molecule is O=C(O)CN1C(=O)C(=O)NC2CC([N+](=O)[O-])C(n3ccnc3)CC21. The van der Waals surface area contributed by atoms with E-state index in [4.69, 9.17) is 5.11 Å². The molecule has 0 bridgehead atoms. The number of nitrogens with zero attached hydrogens (tertiary/aromatic N) is 4. The molecule has 2 fully saturated rings. The molecule has 1 saturated heterocycles. The molecule has 11 heteroatoms. The van der Waals surface area contributed by atoms with Crippen molar-refractivity contribution in [3.8, 4) is 0 Å². The highest BCUT2D eigenvalue weighted by Crippen LogP contribution is 2.35. The minimum atomic E-state index is -1.24. The van der Waals surface area contributed by atoms with Gasteiger partial charge in [-0.3, -0.25) is 24.5 Å². The number of hydrogen-bond donors (Lipinski definition) is 2. The number of nitro groups is 1. The molecule has 3 rings (SSSR count). The number of rotatable bonds is 4. The molecule has 4 atom stereocenters. The molecule has 1 aliphatic heterocycles. The second kappa shape index (κ2) is 5.91.